The highest BCUT2D eigenvalue weighted by molar-refractivity contribution is 5.83. The fourth-order valence-corrected chi connectivity index (χ4v) is 2.62. The second-order valence-corrected chi connectivity index (χ2v) is 5.93. The number of hydrogen-bond donors (Lipinski definition) is 1. The minimum atomic E-state index is -0.564. The van der Waals surface area contributed by atoms with Crippen LogP contribution in [0.25, 0.3) is 5.69 Å². The van der Waals surface area contributed by atoms with E-state index in [1.54, 1.807) is 6.07 Å². The quantitative estimate of drug-likeness (QED) is 0.388. The summed E-state index contributed by atoms with van der Waals surface area (Å²) in [4.78, 5) is 22.2. The first kappa shape index (κ1) is 18.8. The van der Waals surface area contributed by atoms with Crippen molar-refractivity contribution in [3.63, 3.8) is 0 Å². The van der Waals surface area contributed by atoms with Crippen molar-refractivity contribution in [2.24, 2.45) is 5.10 Å². The number of carbonyl (C=O) groups is 1. The van der Waals surface area contributed by atoms with E-state index in [0.717, 1.165) is 16.9 Å². The molecular weight excluding hydrogens is 360 g/mol. The summed E-state index contributed by atoms with van der Waals surface area (Å²) >= 11 is 0. The third-order valence-electron chi connectivity index (χ3n) is 3.89. The molecule has 3 aromatic rings. The van der Waals surface area contributed by atoms with Crippen LogP contribution in [0.1, 0.15) is 11.3 Å². The van der Waals surface area contributed by atoms with E-state index in [2.05, 4.69) is 10.5 Å². The number of nitro benzene ring substituents is 1. The molecule has 0 atom stereocenters. The Kier molecular flexibility index (Phi) is 5.81. The first-order valence-corrected chi connectivity index (χ1v) is 8.47. The van der Waals surface area contributed by atoms with Gasteiger partial charge < -0.3 is 9.30 Å². The zero-order valence-corrected chi connectivity index (χ0v) is 15.1. The summed E-state index contributed by atoms with van der Waals surface area (Å²) in [6, 6.07) is 17.7. The molecule has 28 heavy (non-hydrogen) atoms. The molecule has 8 nitrogen and oxygen atoms in total. The van der Waals surface area contributed by atoms with E-state index in [9.17, 15) is 14.9 Å². The second kappa shape index (κ2) is 8.63. The van der Waals surface area contributed by atoms with E-state index in [1.807, 2.05) is 54.1 Å². The average molecular weight is 378 g/mol. The number of hydrogen-bond acceptors (Lipinski definition) is 5. The number of carbonyl (C=O) groups excluding carboxylic acids is 1. The molecule has 3 rings (SSSR count). The molecule has 0 saturated heterocycles. The second-order valence-electron chi connectivity index (χ2n) is 5.93. The lowest BCUT2D eigenvalue weighted by Gasteiger charge is -2.05. The lowest BCUT2D eigenvalue weighted by molar-refractivity contribution is -0.385. The molecule has 0 unspecified atom stereocenters. The van der Waals surface area contributed by atoms with E-state index in [0.29, 0.717) is 0 Å². The number of ether oxygens (including phenoxy) is 1. The monoisotopic (exact) mass is 378 g/mol. The molecule has 0 aliphatic heterocycles. The van der Waals surface area contributed by atoms with Crippen LogP contribution in [0.15, 0.2) is 72.0 Å². The molecule has 0 aliphatic carbocycles. The van der Waals surface area contributed by atoms with Gasteiger partial charge in [-0.15, -0.1) is 0 Å². The Morgan fingerprint density at radius 3 is 2.68 bits per heavy atom. The summed E-state index contributed by atoms with van der Waals surface area (Å²) in [5.74, 6) is -0.490. The Bertz CT molecular complexity index is 1010. The number of rotatable bonds is 7. The van der Waals surface area contributed by atoms with Crippen molar-refractivity contribution in [3.05, 3.63) is 88.2 Å². The number of amides is 1. The third kappa shape index (κ3) is 4.61. The first-order chi connectivity index (χ1) is 13.5. The van der Waals surface area contributed by atoms with Crippen LogP contribution in [0, 0.1) is 17.0 Å². The van der Waals surface area contributed by atoms with Crippen molar-refractivity contribution in [2.75, 3.05) is 6.61 Å². The summed E-state index contributed by atoms with van der Waals surface area (Å²) in [5, 5.41) is 14.8. The maximum Gasteiger partial charge on any atom is 0.310 e. The summed E-state index contributed by atoms with van der Waals surface area (Å²) in [6.45, 7) is 1.59. The highest BCUT2D eigenvalue weighted by Gasteiger charge is 2.14. The van der Waals surface area contributed by atoms with Gasteiger partial charge in [0.15, 0.2) is 12.4 Å². The SMILES string of the molecule is Cc1cc(/C=N/NC(=O)COc2ccccc2[N+](=O)[O-])cn1-c1ccccc1. The van der Waals surface area contributed by atoms with Crippen molar-refractivity contribution in [3.8, 4) is 11.4 Å². The lowest BCUT2D eigenvalue weighted by atomic mass is 10.3. The molecule has 0 fully saturated rings. The molecule has 0 bridgehead atoms. The normalized spacial score (nSPS) is 10.8. The lowest BCUT2D eigenvalue weighted by Crippen LogP contribution is -2.24. The van der Waals surface area contributed by atoms with Crippen LogP contribution >= 0.6 is 0 Å². The van der Waals surface area contributed by atoms with Gasteiger partial charge in [-0.3, -0.25) is 14.9 Å². The molecule has 142 valence electrons. The molecule has 0 aliphatic rings. The number of aromatic nitrogens is 1. The van der Waals surface area contributed by atoms with Gasteiger partial charge in [0.25, 0.3) is 5.91 Å². The van der Waals surface area contributed by atoms with Crippen LogP contribution in [-0.4, -0.2) is 28.2 Å². The van der Waals surface area contributed by atoms with Crippen LogP contribution in [0.4, 0.5) is 5.69 Å². The summed E-state index contributed by atoms with van der Waals surface area (Å²) in [6.07, 6.45) is 3.43. The molecule has 0 saturated carbocycles. The number of aryl methyl sites for hydroxylation is 1. The maximum absolute atomic E-state index is 11.9. The molecule has 0 spiro atoms. The predicted molar refractivity (Wildman–Crippen MR) is 105 cm³/mol. The average Bonchev–Trinajstić information content (AvgIpc) is 3.07. The van der Waals surface area contributed by atoms with Gasteiger partial charge in [0.2, 0.25) is 0 Å². The number of nitrogens with zero attached hydrogens (tertiary/aromatic N) is 3. The van der Waals surface area contributed by atoms with Crippen molar-refractivity contribution < 1.29 is 14.5 Å². The molecular formula is C20H18N4O4. The fraction of sp³-hybridized carbons (Fsp3) is 0.100. The highest BCUT2D eigenvalue weighted by atomic mass is 16.6. The van der Waals surface area contributed by atoms with Crippen molar-refractivity contribution in [1.82, 2.24) is 9.99 Å². The Labute approximate surface area is 161 Å². The molecule has 0 radical (unpaired) electrons. The smallest absolute Gasteiger partial charge is 0.310 e. The highest BCUT2D eigenvalue weighted by Crippen LogP contribution is 2.25. The molecule has 8 heteroatoms. The molecule has 1 amide bonds. The van der Waals surface area contributed by atoms with E-state index < -0.39 is 10.8 Å². The van der Waals surface area contributed by atoms with Gasteiger partial charge in [-0.05, 0) is 31.2 Å². The topological polar surface area (TPSA) is 98.8 Å². The Hall–Kier alpha value is -3.94. The fourth-order valence-electron chi connectivity index (χ4n) is 2.62. The van der Waals surface area contributed by atoms with E-state index in [4.69, 9.17) is 4.74 Å². The van der Waals surface area contributed by atoms with Gasteiger partial charge in [-0.25, -0.2) is 5.43 Å². The van der Waals surface area contributed by atoms with E-state index in [-0.39, 0.29) is 18.0 Å². The van der Waals surface area contributed by atoms with Crippen LogP contribution < -0.4 is 10.2 Å². The standard InChI is InChI=1S/C20H18N4O4/c1-15-11-16(13-23(15)17-7-3-2-4-8-17)12-21-22-20(25)14-28-19-10-6-5-9-18(19)24(26)27/h2-13H,14H2,1H3,(H,22,25)/b21-12+. The largest absolute Gasteiger partial charge is 0.477 e. The molecule has 1 N–H and O–H groups in total. The summed E-state index contributed by atoms with van der Waals surface area (Å²) in [5.41, 5.74) is 5.02. The predicted octanol–water partition coefficient (Wildman–Crippen LogP) is 3.22. The van der Waals surface area contributed by atoms with Gasteiger partial charge >= 0.3 is 5.69 Å². The van der Waals surface area contributed by atoms with E-state index >= 15 is 0 Å². The molecule has 1 heterocycles. The van der Waals surface area contributed by atoms with Crippen LogP contribution in [0.5, 0.6) is 5.75 Å². The zero-order chi connectivity index (χ0) is 19.9. The van der Waals surface area contributed by atoms with Crippen molar-refractivity contribution in [2.45, 2.75) is 6.92 Å². The van der Waals surface area contributed by atoms with Crippen LogP contribution in [0.3, 0.4) is 0 Å². The van der Waals surface area contributed by atoms with Gasteiger partial charge in [-0.2, -0.15) is 5.10 Å². The number of hydrazone groups is 1. The minimum absolute atomic E-state index is 0.0298. The van der Waals surface area contributed by atoms with Gasteiger partial charge in [0.05, 0.1) is 11.1 Å². The number of nitro groups is 1. The Balaban J connectivity index is 1.57. The zero-order valence-electron chi connectivity index (χ0n) is 15.1. The minimum Gasteiger partial charge on any atom is -0.477 e. The maximum atomic E-state index is 11.9. The number of para-hydroxylation sites is 3. The van der Waals surface area contributed by atoms with Gasteiger partial charge in [-0.1, -0.05) is 30.3 Å². The van der Waals surface area contributed by atoms with Gasteiger partial charge in [0, 0.05) is 29.2 Å². The van der Waals surface area contributed by atoms with Crippen LogP contribution in [0.2, 0.25) is 0 Å². The molecule has 1 aromatic heterocycles. The summed E-state index contributed by atoms with van der Waals surface area (Å²) in [7, 11) is 0. The first-order valence-electron chi connectivity index (χ1n) is 8.47. The van der Waals surface area contributed by atoms with Crippen molar-refractivity contribution >= 4 is 17.8 Å². The van der Waals surface area contributed by atoms with Gasteiger partial charge in [0.1, 0.15) is 0 Å². The number of nitrogens with one attached hydrogen (secondary N) is 1. The Morgan fingerprint density at radius 1 is 1.21 bits per heavy atom. The van der Waals surface area contributed by atoms with Crippen LogP contribution in [-0.2, 0) is 4.79 Å². The van der Waals surface area contributed by atoms with Crippen molar-refractivity contribution in [1.29, 1.82) is 0 Å². The van der Waals surface area contributed by atoms with E-state index in [1.165, 1.54) is 24.4 Å². The third-order valence-corrected chi connectivity index (χ3v) is 3.89. The summed E-state index contributed by atoms with van der Waals surface area (Å²) < 4.78 is 7.23. The number of benzene rings is 2. The molecule has 2 aromatic carbocycles. The Morgan fingerprint density at radius 2 is 1.93 bits per heavy atom.